The molecule has 0 aliphatic heterocycles. The van der Waals surface area contributed by atoms with Crippen molar-refractivity contribution in [3.05, 3.63) is 21.9 Å². The minimum Gasteiger partial charge on any atom is -0.477 e. The second-order valence-corrected chi connectivity index (χ2v) is 6.15. The Morgan fingerprint density at radius 1 is 1.29 bits per heavy atom. The Morgan fingerprint density at radius 3 is 2.33 bits per heavy atom. The van der Waals surface area contributed by atoms with Crippen LogP contribution in [0.15, 0.2) is 12.1 Å². The molecule has 0 saturated heterocycles. The van der Waals surface area contributed by atoms with Crippen molar-refractivity contribution in [2.75, 3.05) is 13.1 Å². The van der Waals surface area contributed by atoms with Crippen LogP contribution in [-0.2, 0) is 0 Å². The van der Waals surface area contributed by atoms with E-state index < -0.39 is 24.6 Å². The SMILES string of the molecule is O=C(O)c1ccc(C(=O)N(CC2CCC2)CC(F)(F)F)s1. The van der Waals surface area contributed by atoms with Gasteiger partial charge in [-0.25, -0.2) is 4.79 Å². The van der Waals surface area contributed by atoms with Crippen LogP contribution in [0.1, 0.15) is 38.6 Å². The fourth-order valence-corrected chi connectivity index (χ4v) is 2.96. The highest BCUT2D eigenvalue weighted by Crippen LogP contribution is 2.30. The molecule has 1 aliphatic carbocycles. The van der Waals surface area contributed by atoms with E-state index in [1.807, 2.05) is 0 Å². The van der Waals surface area contributed by atoms with Crippen molar-refractivity contribution in [3.63, 3.8) is 0 Å². The Kier molecular flexibility index (Phi) is 4.55. The predicted molar refractivity (Wildman–Crippen MR) is 70.6 cm³/mol. The second-order valence-electron chi connectivity index (χ2n) is 5.07. The predicted octanol–water partition coefficient (Wildman–Crippen LogP) is 3.25. The summed E-state index contributed by atoms with van der Waals surface area (Å²) in [5, 5.41) is 8.80. The fourth-order valence-electron chi connectivity index (χ4n) is 2.15. The van der Waals surface area contributed by atoms with E-state index in [1.165, 1.54) is 12.1 Å². The molecule has 1 saturated carbocycles. The van der Waals surface area contributed by atoms with Crippen LogP contribution in [0.5, 0.6) is 0 Å². The highest BCUT2D eigenvalue weighted by Gasteiger charge is 2.35. The molecule has 2 rings (SSSR count). The van der Waals surface area contributed by atoms with Crippen LogP contribution >= 0.6 is 11.3 Å². The molecule has 1 N–H and O–H groups in total. The van der Waals surface area contributed by atoms with Gasteiger partial charge in [-0.05, 0) is 30.9 Å². The third kappa shape index (κ3) is 4.20. The van der Waals surface area contributed by atoms with Crippen molar-refractivity contribution in [1.82, 2.24) is 4.90 Å². The van der Waals surface area contributed by atoms with Gasteiger partial charge in [-0.1, -0.05) is 6.42 Å². The summed E-state index contributed by atoms with van der Waals surface area (Å²) in [5.41, 5.74) is 0. The molecule has 0 atom stereocenters. The minimum atomic E-state index is -4.47. The smallest absolute Gasteiger partial charge is 0.406 e. The summed E-state index contributed by atoms with van der Waals surface area (Å²) in [6.07, 6.45) is -1.84. The lowest BCUT2D eigenvalue weighted by Gasteiger charge is -2.32. The number of carboxylic acid groups (broad SMARTS) is 1. The highest BCUT2D eigenvalue weighted by molar-refractivity contribution is 7.15. The topological polar surface area (TPSA) is 57.6 Å². The fraction of sp³-hybridized carbons (Fsp3) is 0.538. The van der Waals surface area contributed by atoms with Gasteiger partial charge in [-0.3, -0.25) is 4.79 Å². The second kappa shape index (κ2) is 6.05. The zero-order chi connectivity index (χ0) is 15.6. The quantitative estimate of drug-likeness (QED) is 0.905. The molecule has 1 aliphatic rings. The zero-order valence-electron chi connectivity index (χ0n) is 11.0. The van der Waals surface area contributed by atoms with Crippen LogP contribution in [0.3, 0.4) is 0 Å². The van der Waals surface area contributed by atoms with Crippen LogP contribution < -0.4 is 0 Å². The first-order chi connectivity index (χ1) is 9.76. The van der Waals surface area contributed by atoms with Crippen LogP contribution in [0.25, 0.3) is 0 Å². The minimum absolute atomic E-state index is 0.0240. The lowest BCUT2D eigenvalue weighted by Crippen LogP contribution is -2.42. The van der Waals surface area contributed by atoms with E-state index in [0.29, 0.717) is 11.3 Å². The van der Waals surface area contributed by atoms with Crippen molar-refractivity contribution in [3.8, 4) is 0 Å². The summed E-state index contributed by atoms with van der Waals surface area (Å²) >= 11 is 0.698. The molecule has 4 nitrogen and oxygen atoms in total. The molecule has 116 valence electrons. The Labute approximate surface area is 123 Å². The molecule has 1 heterocycles. The highest BCUT2D eigenvalue weighted by atomic mass is 32.1. The summed E-state index contributed by atoms with van der Waals surface area (Å²) in [6, 6.07) is 2.50. The van der Waals surface area contributed by atoms with Crippen LogP contribution in [0, 0.1) is 5.92 Å². The Morgan fingerprint density at radius 2 is 1.90 bits per heavy atom. The number of carbonyl (C=O) groups excluding carboxylic acids is 1. The first-order valence-electron chi connectivity index (χ1n) is 6.45. The van der Waals surface area contributed by atoms with Crippen molar-refractivity contribution < 1.29 is 27.9 Å². The van der Waals surface area contributed by atoms with E-state index in [9.17, 15) is 22.8 Å². The average molecular weight is 321 g/mol. The molecule has 0 bridgehead atoms. The number of nitrogens with zero attached hydrogens (tertiary/aromatic N) is 1. The van der Waals surface area contributed by atoms with E-state index in [-0.39, 0.29) is 22.2 Å². The third-order valence-electron chi connectivity index (χ3n) is 3.39. The molecule has 1 amide bonds. The standard InChI is InChI=1S/C13H14F3NO3S/c14-13(15,16)7-17(6-8-2-1-3-8)11(18)9-4-5-10(21-9)12(19)20/h4-5,8H,1-3,6-7H2,(H,19,20). The van der Waals surface area contributed by atoms with E-state index in [4.69, 9.17) is 5.11 Å². The third-order valence-corrected chi connectivity index (χ3v) is 4.45. The number of hydrogen-bond donors (Lipinski definition) is 1. The zero-order valence-corrected chi connectivity index (χ0v) is 11.8. The molecule has 0 unspecified atom stereocenters. The average Bonchev–Trinajstić information content (AvgIpc) is 2.79. The van der Waals surface area contributed by atoms with Gasteiger partial charge in [0.2, 0.25) is 0 Å². The van der Waals surface area contributed by atoms with Crippen molar-refractivity contribution in [1.29, 1.82) is 0 Å². The lowest BCUT2D eigenvalue weighted by molar-refractivity contribution is -0.142. The summed E-state index contributed by atoms with van der Waals surface area (Å²) < 4.78 is 37.8. The molecule has 21 heavy (non-hydrogen) atoms. The van der Waals surface area contributed by atoms with Crippen LogP contribution in [0.4, 0.5) is 13.2 Å². The number of carbonyl (C=O) groups is 2. The maximum Gasteiger partial charge on any atom is 0.406 e. The lowest BCUT2D eigenvalue weighted by atomic mass is 9.85. The van der Waals surface area contributed by atoms with Gasteiger partial charge < -0.3 is 10.0 Å². The van der Waals surface area contributed by atoms with E-state index in [0.717, 1.165) is 24.2 Å². The van der Waals surface area contributed by atoms with Gasteiger partial charge in [0.1, 0.15) is 11.4 Å². The molecular weight excluding hydrogens is 307 g/mol. The van der Waals surface area contributed by atoms with Gasteiger partial charge >= 0.3 is 12.1 Å². The van der Waals surface area contributed by atoms with Crippen molar-refractivity contribution in [2.45, 2.75) is 25.4 Å². The van der Waals surface area contributed by atoms with Crippen LogP contribution in [0.2, 0.25) is 0 Å². The van der Waals surface area contributed by atoms with Gasteiger partial charge in [0.05, 0.1) is 4.88 Å². The van der Waals surface area contributed by atoms with Gasteiger partial charge in [0, 0.05) is 6.54 Å². The van der Waals surface area contributed by atoms with E-state index in [2.05, 4.69) is 0 Å². The van der Waals surface area contributed by atoms with Gasteiger partial charge in [0.25, 0.3) is 5.91 Å². The number of thiophene rings is 1. The summed E-state index contributed by atoms with van der Waals surface area (Å²) in [4.78, 5) is 23.7. The molecule has 0 spiro atoms. The first kappa shape index (κ1) is 15.8. The number of halogens is 3. The molecule has 0 aromatic carbocycles. The molecule has 8 heteroatoms. The molecule has 1 aromatic heterocycles. The van der Waals surface area contributed by atoms with Gasteiger partial charge in [0.15, 0.2) is 0 Å². The summed E-state index contributed by atoms with van der Waals surface area (Å²) in [5.74, 6) is -1.84. The number of hydrogen-bond acceptors (Lipinski definition) is 3. The van der Waals surface area contributed by atoms with Gasteiger partial charge in [-0.2, -0.15) is 13.2 Å². The molecule has 0 radical (unpaired) electrons. The Bertz CT molecular complexity index is 537. The van der Waals surface area contributed by atoms with Gasteiger partial charge in [-0.15, -0.1) is 11.3 Å². The normalized spacial score (nSPS) is 15.6. The number of rotatable bonds is 5. The number of amides is 1. The largest absolute Gasteiger partial charge is 0.477 e. The monoisotopic (exact) mass is 321 g/mol. The van der Waals surface area contributed by atoms with Crippen molar-refractivity contribution in [2.24, 2.45) is 5.92 Å². The van der Waals surface area contributed by atoms with Crippen molar-refractivity contribution >= 4 is 23.2 Å². The Hall–Kier alpha value is -1.57. The molecular formula is C13H14F3NO3S. The van der Waals surface area contributed by atoms with E-state index >= 15 is 0 Å². The summed E-state index contributed by atoms with van der Waals surface area (Å²) in [7, 11) is 0. The van der Waals surface area contributed by atoms with E-state index in [1.54, 1.807) is 0 Å². The maximum atomic E-state index is 12.6. The first-order valence-corrected chi connectivity index (χ1v) is 7.27. The number of carboxylic acids is 1. The Balaban J connectivity index is 2.13. The van der Waals surface area contributed by atoms with Crippen LogP contribution in [-0.4, -0.2) is 41.1 Å². The maximum absolute atomic E-state index is 12.6. The summed E-state index contributed by atoms with van der Waals surface area (Å²) in [6.45, 7) is -1.23. The molecule has 1 aromatic rings. The number of aromatic carboxylic acids is 1. The molecule has 1 fully saturated rings. The number of alkyl halides is 3.